The third-order valence-electron chi connectivity index (χ3n) is 4.24. The minimum Gasteiger partial charge on any atom is -0.378 e. The molecule has 0 saturated heterocycles. The Balaban J connectivity index is 1.89. The maximum Gasteiger partial charge on any atom is 0.229 e. The Labute approximate surface area is 150 Å². The number of nitrogens with one attached hydrogen (secondary N) is 2. The number of nitrogens with zero attached hydrogens (tertiary/aromatic N) is 2. The monoisotopic (exact) mass is 352 g/mol. The van der Waals surface area contributed by atoms with E-state index in [1.54, 1.807) is 10.9 Å². The number of benzene rings is 2. The molecule has 0 fully saturated rings. The second kappa shape index (κ2) is 5.93. The van der Waals surface area contributed by atoms with Gasteiger partial charge in [0.15, 0.2) is 0 Å². The van der Waals surface area contributed by atoms with Gasteiger partial charge in [-0.25, -0.2) is 4.98 Å². The largest absolute Gasteiger partial charge is 0.378 e. The van der Waals surface area contributed by atoms with Crippen LogP contribution in [-0.4, -0.2) is 21.5 Å². The molecule has 2 aromatic carbocycles. The van der Waals surface area contributed by atoms with E-state index < -0.39 is 0 Å². The normalized spacial score (nSPS) is 16.1. The van der Waals surface area contributed by atoms with Crippen molar-refractivity contribution in [3.8, 4) is 0 Å². The third kappa shape index (κ3) is 2.76. The summed E-state index contributed by atoms with van der Waals surface area (Å²) in [5.41, 5.74) is 5.38. The van der Waals surface area contributed by atoms with Crippen molar-refractivity contribution in [1.82, 2.24) is 9.55 Å². The summed E-state index contributed by atoms with van der Waals surface area (Å²) in [5, 5.41) is 7.59. The summed E-state index contributed by atoms with van der Waals surface area (Å²) in [4.78, 5) is 16.4. The Morgan fingerprint density at radius 2 is 2.00 bits per heavy atom. The highest BCUT2D eigenvalue weighted by Crippen LogP contribution is 2.36. The van der Waals surface area contributed by atoms with Crippen molar-refractivity contribution in [2.24, 2.45) is 0 Å². The fourth-order valence-electron chi connectivity index (χ4n) is 3.15. The molecule has 0 spiro atoms. The zero-order chi connectivity index (χ0) is 17.6. The summed E-state index contributed by atoms with van der Waals surface area (Å²) in [6.07, 6.45) is 3.68. The average molecular weight is 353 g/mol. The Hall–Kier alpha value is -2.79. The molecule has 1 aromatic heterocycles. The summed E-state index contributed by atoms with van der Waals surface area (Å²) < 4.78 is 1.59. The van der Waals surface area contributed by atoms with Gasteiger partial charge in [0.05, 0.1) is 11.0 Å². The summed E-state index contributed by atoms with van der Waals surface area (Å²) in [5.74, 6) is -0.0691. The number of hydrogen-bond donors (Lipinski definition) is 2. The van der Waals surface area contributed by atoms with Gasteiger partial charge in [0.1, 0.15) is 6.33 Å². The highest BCUT2D eigenvalue weighted by molar-refractivity contribution is 6.30. The second-order valence-corrected chi connectivity index (χ2v) is 6.57. The fraction of sp³-hybridized carbons (Fsp3) is 0.158. The van der Waals surface area contributed by atoms with Crippen LogP contribution in [0.5, 0.6) is 0 Å². The van der Waals surface area contributed by atoms with E-state index in [2.05, 4.69) is 28.6 Å². The van der Waals surface area contributed by atoms with Gasteiger partial charge in [-0.2, -0.15) is 0 Å². The summed E-state index contributed by atoms with van der Waals surface area (Å²) in [6, 6.07) is 11.6. The lowest BCUT2D eigenvalue weighted by atomic mass is 10.0. The molecule has 4 rings (SSSR count). The quantitative estimate of drug-likeness (QED) is 0.706. The van der Waals surface area contributed by atoms with Crippen molar-refractivity contribution >= 4 is 45.6 Å². The molecule has 0 amide bonds. The first-order valence-corrected chi connectivity index (χ1v) is 8.43. The van der Waals surface area contributed by atoms with Gasteiger partial charge in [-0.3, -0.25) is 9.36 Å². The number of anilines is 2. The van der Waals surface area contributed by atoms with Crippen LogP contribution in [0, 0.1) is 0 Å². The molecule has 2 heterocycles. The summed E-state index contributed by atoms with van der Waals surface area (Å²) >= 11 is 5.98. The molecule has 0 aliphatic carbocycles. The zero-order valence-corrected chi connectivity index (χ0v) is 14.6. The Morgan fingerprint density at radius 1 is 1.24 bits per heavy atom. The number of fused-ring (bicyclic) bond motifs is 3. The Kier molecular flexibility index (Phi) is 3.73. The van der Waals surface area contributed by atoms with Gasteiger partial charge in [-0.05, 0) is 49.4 Å². The second-order valence-electron chi connectivity index (χ2n) is 6.13. The third-order valence-corrected chi connectivity index (χ3v) is 4.49. The number of rotatable bonds is 2. The lowest BCUT2D eigenvalue weighted by Crippen LogP contribution is -2.21. The molecule has 126 valence electrons. The van der Waals surface area contributed by atoms with Crippen molar-refractivity contribution < 1.29 is 4.79 Å². The van der Waals surface area contributed by atoms with E-state index >= 15 is 0 Å². The Bertz CT molecular complexity index is 1000. The molecule has 0 radical (unpaired) electrons. The van der Waals surface area contributed by atoms with Gasteiger partial charge >= 0.3 is 0 Å². The van der Waals surface area contributed by atoms with Gasteiger partial charge in [0.2, 0.25) is 5.91 Å². The van der Waals surface area contributed by atoms with Crippen LogP contribution in [0.3, 0.4) is 0 Å². The van der Waals surface area contributed by atoms with Crippen molar-refractivity contribution in [3.05, 3.63) is 59.4 Å². The van der Waals surface area contributed by atoms with E-state index in [0.717, 1.165) is 33.7 Å². The molecule has 1 atom stereocenters. The molecule has 25 heavy (non-hydrogen) atoms. The van der Waals surface area contributed by atoms with Crippen LogP contribution in [0.25, 0.3) is 16.7 Å². The molecular weight excluding hydrogens is 336 g/mol. The van der Waals surface area contributed by atoms with Crippen molar-refractivity contribution in [2.75, 3.05) is 10.6 Å². The van der Waals surface area contributed by atoms with Crippen molar-refractivity contribution in [2.45, 2.75) is 19.9 Å². The molecule has 6 heteroatoms. The highest BCUT2D eigenvalue weighted by atomic mass is 35.5. The topological polar surface area (TPSA) is 59.0 Å². The minimum absolute atomic E-state index is 0.0691. The smallest absolute Gasteiger partial charge is 0.229 e. The van der Waals surface area contributed by atoms with Crippen LogP contribution in [0.4, 0.5) is 11.4 Å². The number of hydrogen-bond acceptors (Lipinski definition) is 4. The van der Waals surface area contributed by atoms with E-state index in [1.807, 2.05) is 36.4 Å². The first-order valence-electron chi connectivity index (χ1n) is 8.05. The van der Waals surface area contributed by atoms with E-state index in [9.17, 15) is 4.79 Å². The van der Waals surface area contributed by atoms with Gasteiger partial charge in [-0.1, -0.05) is 11.6 Å². The number of carbonyl (C=O) groups excluding carboxylic acids is 1. The molecule has 1 aliphatic rings. The van der Waals surface area contributed by atoms with Gasteiger partial charge in [-0.15, -0.1) is 0 Å². The number of imidazole rings is 1. The molecule has 1 aliphatic heterocycles. The number of aromatic nitrogens is 2. The standard InChI is InChI=1S/C19H17ClN4O/c1-11-9-17(23-14-5-3-13(20)4-6-14)18-15(22-11)7-8-16-19(18)24(10-21-16)12(2)25/h3-11,22-23H,1-2H3. The summed E-state index contributed by atoms with van der Waals surface area (Å²) in [7, 11) is 0. The van der Waals surface area contributed by atoms with E-state index in [4.69, 9.17) is 11.6 Å². The van der Waals surface area contributed by atoms with Crippen LogP contribution < -0.4 is 10.6 Å². The van der Waals surface area contributed by atoms with Crippen LogP contribution in [0.15, 0.2) is 48.8 Å². The Morgan fingerprint density at radius 3 is 2.72 bits per heavy atom. The number of carbonyl (C=O) groups is 1. The van der Waals surface area contributed by atoms with Crippen LogP contribution in [0.2, 0.25) is 5.02 Å². The summed E-state index contributed by atoms with van der Waals surface area (Å²) in [6.45, 7) is 3.62. The maximum atomic E-state index is 12.0. The molecule has 2 N–H and O–H groups in total. The highest BCUT2D eigenvalue weighted by Gasteiger charge is 2.22. The molecular formula is C19H17ClN4O. The molecule has 3 aromatic rings. The molecule has 0 saturated carbocycles. The average Bonchev–Trinajstić information content (AvgIpc) is 3.00. The first kappa shape index (κ1) is 15.7. The first-order chi connectivity index (χ1) is 12.0. The molecule has 0 bridgehead atoms. The van der Waals surface area contributed by atoms with Gasteiger partial charge in [0, 0.05) is 40.6 Å². The lowest BCUT2D eigenvalue weighted by molar-refractivity contribution is 0.0941. The fourth-order valence-corrected chi connectivity index (χ4v) is 3.28. The molecule has 5 nitrogen and oxygen atoms in total. The predicted molar refractivity (Wildman–Crippen MR) is 102 cm³/mol. The number of halogens is 1. The zero-order valence-electron chi connectivity index (χ0n) is 13.9. The van der Waals surface area contributed by atoms with E-state index in [0.29, 0.717) is 5.02 Å². The van der Waals surface area contributed by atoms with E-state index in [-0.39, 0.29) is 11.9 Å². The molecule has 1 unspecified atom stereocenters. The SMILES string of the molecule is CC(=O)n1cnc2ccc3c(c21)C(Nc1ccc(Cl)cc1)=CC(C)N3. The van der Waals surface area contributed by atoms with Crippen LogP contribution in [-0.2, 0) is 0 Å². The predicted octanol–water partition coefficient (Wildman–Crippen LogP) is 4.62. The van der Waals surface area contributed by atoms with Gasteiger partial charge < -0.3 is 10.6 Å². The van der Waals surface area contributed by atoms with Crippen LogP contribution >= 0.6 is 11.6 Å². The maximum absolute atomic E-state index is 12.0. The minimum atomic E-state index is -0.0691. The van der Waals surface area contributed by atoms with Crippen molar-refractivity contribution in [1.29, 1.82) is 0 Å². The van der Waals surface area contributed by atoms with E-state index in [1.165, 1.54) is 6.92 Å². The van der Waals surface area contributed by atoms with Crippen LogP contribution in [0.1, 0.15) is 24.2 Å². The van der Waals surface area contributed by atoms with Gasteiger partial charge in [0.25, 0.3) is 0 Å². The lowest BCUT2D eigenvalue weighted by Gasteiger charge is -2.26. The van der Waals surface area contributed by atoms with Crippen molar-refractivity contribution in [3.63, 3.8) is 0 Å².